The minimum Gasteiger partial charge on any atom is -0.387 e. The first kappa shape index (κ1) is 13.5. The Bertz CT molecular complexity index is 424. The summed E-state index contributed by atoms with van der Waals surface area (Å²) in [4.78, 5) is 4.36. The number of aliphatic hydroxyl groups is 1. The molecule has 1 N–H and O–H groups in total. The summed E-state index contributed by atoms with van der Waals surface area (Å²) in [7, 11) is 0. The standard InChI is InChI=1S/C13H22N2O3/c1-8-6-13(16,9(2)17-8)7-10-14-11(15-18-10)12(3,4)5/h8-9,16H,6-7H2,1-5H3/t8-,9-,13-/m1/s1. The molecule has 5 heteroatoms. The second kappa shape index (κ2) is 4.31. The van der Waals surface area contributed by atoms with Crippen LogP contribution in [-0.4, -0.2) is 33.1 Å². The molecule has 1 aliphatic heterocycles. The summed E-state index contributed by atoms with van der Waals surface area (Å²) >= 11 is 0. The number of aromatic nitrogens is 2. The highest BCUT2D eigenvalue weighted by Gasteiger charge is 2.44. The molecule has 2 heterocycles. The van der Waals surface area contributed by atoms with Crippen molar-refractivity contribution in [3.63, 3.8) is 0 Å². The van der Waals surface area contributed by atoms with Crippen LogP contribution in [0.25, 0.3) is 0 Å². The van der Waals surface area contributed by atoms with Crippen LogP contribution in [0.15, 0.2) is 4.52 Å². The Morgan fingerprint density at radius 2 is 2.06 bits per heavy atom. The van der Waals surface area contributed by atoms with Crippen molar-refractivity contribution < 1.29 is 14.4 Å². The van der Waals surface area contributed by atoms with Crippen molar-refractivity contribution in [2.45, 2.75) is 70.7 Å². The second-order valence-corrected chi connectivity index (χ2v) is 6.34. The van der Waals surface area contributed by atoms with Crippen LogP contribution < -0.4 is 0 Å². The number of hydrogen-bond donors (Lipinski definition) is 1. The first-order chi connectivity index (χ1) is 8.21. The van der Waals surface area contributed by atoms with E-state index in [1.165, 1.54) is 0 Å². The van der Waals surface area contributed by atoms with Crippen molar-refractivity contribution in [2.75, 3.05) is 0 Å². The predicted octanol–water partition coefficient (Wildman–Crippen LogP) is 1.84. The van der Waals surface area contributed by atoms with Gasteiger partial charge in [0, 0.05) is 11.8 Å². The van der Waals surface area contributed by atoms with E-state index in [2.05, 4.69) is 10.1 Å². The number of ether oxygens (including phenoxy) is 1. The lowest BCUT2D eigenvalue weighted by Gasteiger charge is -2.23. The van der Waals surface area contributed by atoms with Crippen molar-refractivity contribution in [3.05, 3.63) is 11.7 Å². The molecule has 5 nitrogen and oxygen atoms in total. The van der Waals surface area contributed by atoms with E-state index in [1.54, 1.807) is 0 Å². The average molecular weight is 254 g/mol. The predicted molar refractivity (Wildman–Crippen MR) is 66.3 cm³/mol. The Morgan fingerprint density at radius 1 is 1.39 bits per heavy atom. The fourth-order valence-corrected chi connectivity index (χ4v) is 2.30. The number of nitrogens with zero attached hydrogens (tertiary/aromatic N) is 2. The van der Waals surface area contributed by atoms with Gasteiger partial charge in [0.25, 0.3) is 0 Å². The summed E-state index contributed by atoms with van der Waals surface area (Å²) in [6.07, 6.45) is 0.802. The molecule has 1 aromatic heterocycles. The highest BCUT2D eigenvalue weighted by atomic mass is 16.5. The molecule has 0 radical (unpaired) electrons. The first-order valence-corrected chi connectivity index (χ1v) is 6.41. The van der Waals surface area contributed by atoms with Crippen LogP contribution in [0.1, 0.15) is 52.8 Å². The van der Waals surface area contributed by atoms with E-state index in [1.807, 2.05) is 34.6 Å². The van der Waals surface area contributed by atoms with Gasteiger partial charge in [0.15, 0.2) is 5.82 Å². The van der Waals surface area contributed by atoms with Crippen LogP contribution in [0.4, 0.5) is 0 Å². The van der Waals surface area contributed by atoms with Gasteiger partial charge in [-0.15, -0.1) is 0 Å². The molecule has 102 valence electrons. The van der Waals surface area contributed by atoms with Gasteiger partial charge in [0.1, 0.15) is 5.60 Å². The van der Waals surface area contributed by atoms with Crippen LogP contribution in [-0.2, 0) is 16.6 Å². The van der Waals surface area contributed by atoms with Gasteiger partial charge in [-0.1, -0.05) is 25.9 Å². The van der Waals surface area contributed by atoms with Gasteiger partial charge in [-0.3, -0.25) is 0 Å². The summed E-state index contributed by atoms with van der Waals surface area (Å²) in [6, 6.07) is 0. The molecule has 0 aromatic carbocycles. The lowest BCUT2D eigenvalue weighted by Crippen LogP contribution is -2.38. The molecule has 1 fully saturated rings. The molecule has 0 spiro atoms. The topological polar surface area (TPSA) is 68.4 Å². The van der Waals surface area contributed by atoms with Crippen molar-refractivity contribution >= 4 is 0 Å². The smallest absolute Gasteiger partial charge is 0.229 e. The Hall–Kier alpha value is -0.940. The van der Waals surface area contributed by atoms with Gasteiger partial charge in [-0.05, 0) is 13.8 Å². The van der Waals surface area contributed by atoms with Crippen LogP contribution in [0.5, 0.6) is 0 Å². The highest BCUT2D eigenvalue weighted by molar-refractivity contribution is 5.04. The van der Waals surface area contributed by atoms with Crippen molar-refractivity contribution in [3.8, 4) is 0 Å². The molecular weight excluding hydrogens is 232 g/mol. The van der Waals surface area contributed by atoms with Gasteiger partial charge in [-0.25, -0.2) is 0 Å². The Balaban J connectivity index is 2.12. The van der Waals surface area contributed by atoms with E-state index in [0.717, 1.165) is 0 Å². The molecule has 18 heavy (non-hydrogen) atoms. The summed E-state index contributed by atoms with van der Waals surface area (Å²) in [5, 5.41) is 14.5. The SMILES string of the molecule is C[C@@H]1C[C@@](O)(Cc2nc(C(C)(C)C)no2)[C@@H](C)O1. The average Bonchev–Trinajstić information content (AvgIpc) is 2.72. The molecule has 0 saturated carbocycles. The van der Waals surface area contributed by atoms with Crippen molar-refractivity contribution in [1.82, 2.24) is 10.1 Å². The van der Waals surface area contributed by atoms with Gasteiger partial charge in [0.2, 0.25) is 5.89 Å². The molecular formula is C13H22N2O3. The molecule has 1 saturated heterocycles. The monoisotopic (exact) mass is 254 g/mol. The number of rotatable bonds is 2. The fourth-order valence-electron chi connectivity index (χ4n) is 2.30. The summed E-state index contributed by atoms with van der Waals surface area (Å²) in [6.45, 7) is 9.92. The highest BCUT2D eigenvalue weighted by Crippen LogP contribution is 2.33. The maximum absolute atomic E-state index is 10.5. The van der Waals surface area contributed by atoms with Crippen LogP contribution in [0.3, 0.4) is 0 Å². The van der Waals surface area contributed by atoms with Gasteiger partial charge in [-0.2, -0.15) is 4.98 Å². The normalized spacial score (nSPS) is 33.0. The summed E-state index contributed by atoms with van der Waals surface area (Å²) in [5.41, 5.74) is -1.05. The van der Waals surface area contributed by atoms with E-state index in [9.17, 15) is 5.11 Å². The maximum Gasteiger partial charge on any atom is 0.229 e. The summed E-state index contributed by atoms with van der Waals surface area (Å²) < 4.78 is 10.8. The molecule has 3 atom stereocenters. The molecule has 0 aliphatic carbocycles. The minimum absolute atomic E-state index is 0.0648. The van der Waals surface area contributed by atoms with Crippen LogP contribution in [0.2, 0.25) is 0 Å². The lowest BCUT2D eigenvalue weighted by atomic mass is 9.91. The van der Waals surface area contributed by atoms with Crippen molar-refractivity contribution in [2.24, 2.45) is 0 Å². The Morgan fingerprint density at radius 3 is 2.50 bits per heavy atom. The third-order valence-corrected chi connectivity index (χ3v) is 3.43. The lowest BCUT2D eigenvalue weighted by molar-refractivity contribution is -0.0385. The summed E-state index contributed by atoms with van der Waals surface area (Å²) in [5.74, 6) is 1.15. The minimum atomic E-state index is -0.902. The third-order valence-electron chi connectivity index (χ3n) is 3.43. The number of hydrogen-bond acceptors (Lipinski definition) is 5. The van der Waals surface area contributed by atoms with Crippen LogP contribution >= 0.6 is 0 Å². The Labute approximate surface area is 108 Å². The molecule has 0 unspecified atom stereocenters. The largest absolute Gasteiger partial charge is 0.387 e. The molecule has 0 bridgehead atoms. The van der Waals surface area contributed by atoms with E-state index < -0.39 is 5.60 Å². The van der Waals surface area contributed by atoms with E-state index >= 15 is 0 Å². The van der Waals surface area contributed by atoms with Gasteiger partial charge >= 0.3 is 0 Å². The van der Waals surface area contributed by atoms with E-state index in [4.69, 9.17) is 9.26 Å². The van der Waals surface area contributed by atoms with Gasteiger partial charge < -0.3 is 14.4 Å². The molecule has 1 aliphatic rings. The van der Waals surface area contributed by atoms with Crippen LogP contribution in [0, 0.1) is 0 Å². The quantitative estimate of drug-likeness (QED) is 0.872. The third kappa shape index (κ3) is 2.57. The Kier molecular flexibility index (Phi) is 3.23. The second-order valence-electron chi connectivity index (χ2n) is 6.34. The molecule has 0 amide bonds. The zero-order valence-electron chi connectivity index (χ0n) is 11.7. The fraction of sp³-hybridized carbons (Fsp3) is 0.846. The zero-order chi connectivity index (χ0) is 13.6. The van der Waals surface area contributed by atoms with E-state index in [-0.39, 0.29) is 17.6 Å². The zero-order valence-corrected chi connectivity index (χ0v) is 11.7. The van der Waals surface area contributed by atoms with Gasteiger partial charge in [0.05, 0.1) is 18.6 Å². The first-order valence-electron chi connectivity index (χ1n) is 6.41. The van der Waals surface area contributed by atoms with Crippen molar-refractivity contribution in [1.29, 1.82) is 0 Å². The van der Waals surface area contributed by atoms with E-state index in [0.29, 0.717) is 24.6 Å². The maximum atomic E-state index is 10.5. The molecule has 1 aromatic rings. The molecule has 2 rings (SSSR count).